The van der Waals surface area contributed by atoms with Crippen molar-refractivity contribution in [2.45, 2.75) is 19.4 Å². The maximum atomic E-state index is 13.2. The SMILES string of the molecule is CC(=O)NC(CC(=O)N(C)CC(=O)Nc1cccc(F)c1)c1ccccc1. The molecule has 1 unspecified atom stereocenters. The number of carbonyl (C=O) groups is 3. The number of hydrogen-bond acceptors (Lipinski definition) is 3. The molecule has 0 aliphatic carbocycles. The molecule has 0 bridgehead atoms. The summed E-state index contributed by atoms with van der Waals surface area (Å²) in [5.74, 6) is -1.44. The van der Waals surface area contributed by atoms with E-state index in [1.807, 2.05) is 30.3 Å². The number of likely N-dealkylation sites (N-methyl/N-ethyl adjacent to an activating group) is 1. The summed E-state index contributed by atoms with van der Waals surface area (Å²) in [6, 6.07) is 14.2. The number of benzene rings is 2. The number of anilines is 1. The molecule has 2 aromatic carbocycles. The maximum absolute atomic E-state index is 13.2. The van der Waals surface area contributed by atoms with Gasteiger partial charge in [0.1, 0.15) is 5.82 Å². The number of rotatable bonds is 7. The minimum Gasteiger partial charge on any atom is -0.349 e. The molecule has 0 aromatic heterocycles. The van der Waals surface area contributed by atoms with Crippen LogP contribution in [0.4, 0.5) is 10.1 Å². The van der Waals surface area contributed by atoms with Gasteiger partial charge in [0.15, 0.2) is 0 Å². The van der Waals surface area contributed by atoms with Crippen molar-refractivity contribution in [1.29, 1.82) is 0 Å². The predicted octanol–water partition coefficient (Wildman–Crippen LogP) is 2.49. The third-order valence-electron chi connectivity index (χ3n) is 3.87. The largest absolute Gasteiger partial charge is 0.349 e. The third-order valence-corrected chi connectivity index (χ3v) is 3.87. The Morgan fingerprint density at radius 2 is 1.78 bits per heavy atom. The van der Waals surface area contributed by atoms with E-state index in [-0.39, 0.29) is 24.8 Å². The second-order valence-corrected chi connectivity index (χ2v) is 6.18. The number of halogens is 1. The van der Waals surface area contributed by atoms with Crippen molar-refractivity contribution in [2.75, 3.05) is 18.9 Å². The molecule has 2 aromatic rings. The molecule has 2 rings (SSSR count). The van der Waals surface area contributed by atoms with Crippen molar-refractivity contribution in [1.82, 2.24) is 10.2 Å². The van der Waals surface area contributed by atoms with E-state index in [4.69, 9.17) is 0 Å². The minimum absolute atomic E-state index is 0.0212. The van der Waals surface area contributed by atoms with Gasteiger partial charge in [0.25, 0.3) is 0 Å². The van der Waals surface area contributed by atoms with Crippen LogP contribution in [-0.4, -0.2) is 36.2 Å². The molecule has 1 atom stereocenters. The molecule has 3 amide bonds. The van der Waals surface area contributed by atoms with E-state index < -0.39 is 17.8 Å². The monoisotopic (exact) mass is 371 g/mol. The van der Waals surface area contributed by atoms with E-state index >= 15 is 0 Å². The van der Waals surface area contributed by atoms with Crippen molar-refractivity contribution >= 4 is 23.4 Å². The van der Waals surface area contributed by atoms with Crippen LogP contribution in [0.15, 0.2) is 54.6 Å². The zero-order chi connectivity index (χ0) is 19.8. The van der Waals surface area contributed by atoms with Gasteiger partial charge in [-0.05, 0) is 23.8 Å². The lowest BCUT2D eigenvalue weighted by molar-refractivity contribution is -0.134. The highest BCUT2D eigenvalue weighted by atomic mass is 19.1. The van der Waals surface area contributed by atoms with Gasteiger partial charge < -0.3 is 15.5 Å². The molecule has 6 nitrogen and oxygen atoms in total. The Morgan fingerprint density at radius 1 is 1.07 bits per heavy atom. The lowest BCUT2D eigenvalue weighted by Gasteiger charge is -2.22. The predicted molar refractivity (Wildman–Crippen MR) is 100 cm³/mol. The fourth-order valence-electron chi connectivity index (χ4n) is 2.58. The van der Waals surface area contributed by atoms with Crippen LogP contribution in [0.1, 0.15) is 24.9 Å². The van der Waals surface area contributed by atoms with Crippen molar-refractivity contribution in [3.63, 3.8) is 0 Å². The van der Waals surface area contributed by atoms with Gasteiger partial charge in [0, 0.05) is 19.7 Å². The number of nitrogens with zero attached hydrogens (tertiary/aromatic N) is 1. The summed E-state index contributed by atoms with van der Waals surface area (Å²) < 4.78 is 13.2. The second-order valence-electron chi connectivity index (χ2n) is 6.18. The van der Waals surface area contributed by atoms with Crippen molar-refractivity contribution in [2.24, 2.45) is 0 Å². The number of nitrogens with one attached hydrogen (secondary N) is 2. The molecule has 0 aliphatic rings. The third kappa shape index (κ3) is 6.54. The van der Waals surface area contributed by atoms with Crippen LogP contribution >= 0.6 is 0 Å². The highest BCUT2D eigenvalue weighted by molar-refractivity contribution is 5.94. The van der Waals surface area contributed by atoms with Gasteiger partial charge in [-0.1, -0.05) is 36.4 Å². The molecule has 0 radical (unpaired) electrons. The van der Waals surface area contributed by atoms with E-state index in [1.165, 1.54) is 37.1 Å². The van der Waals surface area contributed by atoms with Crippen LogP contribution in [0.5, 0.6) is 0 Å². The van der Waals surface area contributed by atoms with Crippen LogP contribution in [0, 0.1) is 5.82 Å². The first kappa shape index (κ1) is 20.1. The lowest BCUT2D eigenvalue weighted by Crippen LogP contribution is -2.38. The average Bonchev–Trinajstić information content (AvgIpc) is 2.61. The molecule has 0 saturated carbocycles. The summed E-state index contributed by atoms with van der Waals surface area (Å²) in [6.07, 6.45) is 0.0212. The zero-order valence-corrected chi connectivity index (χ0v) is 15.2. The first-order valence-electron chi connectivity index (χ1n) is 8.46. The summed E-state index contributed by atoms with van der Waals surface area (Å²) in [5, 5.41) is 5.30. The van der Waals surface area contributed by atoms with Gasteiger partial charge in [0.05, 0.1) is 19.0 Å². The van der Waals surface area contributed by atoms with Crippen LogP contribution in [0.2, 0.25) is 0 Å². The Balaban J connectivity index is 1.96. The Hall–Kier alpha value is -3.22. The van der Waals surface area contributed by atoms with Crippen molar-refractivity contribution < 1.29 is 18.8 Å². The summed E-state index contributed by atoms with van der Waals surface area (Å²) in [7, 11) is 1.50. The van der Waals surface area contributed by atoms with Crippen LogP contribution in [0.3, 0.4) is 0 Å². The molecular weight excluding hydrogens is 349 g/mol. The van der Waals surface area contributed by atoms with Gasteiger partial charge in [-0.25, -0.2) is 4.39 Å². The minimum atomic E-state index is -0.482. The topological polar surface area (TPSA) is 78.5 Å². The van der Waals surface area contributed by atoms with Crippen LogP contribution in [-0.2, 0) is 14.4 Å². The Bertz CT molecular complexity index is 811. The first-order chi connectivity index (χ1) is 12.8. The fourth-order valence-corrected chi connectivity index (χ4v) is 2.58. The Labute approximate surface area is 157 Å². The number of amides is 3. The van der Waals surface area contributed by atoms with E-state index in [9.17, 15) is 18.8 Å². The van der Waals surface area contributed by atoms with Gasteiger partial charge >= 0.3 is 0 Å². The normalized spacial score (nSPS) is 11.4. The molecule has 0 spiro atoms. The van der Waals surface area contributed by atoms with E-state index in [0.717, 1.165) is 5.56 Å². The van der Waals surface area contributed by atoms with Crippen molar-refractivity contribution in [3.05, 3.63) is 66.0 Å². The lowest BCUT2D eigenvalue weighted by atomic mass is 10.0. The van der Waals surface area contributed by atoms with E-state index in [1.54, 1.807) is 6.07 Å². The smallest absolute Gasteiger partial charge is 0.243 e. The van der Waals surface area contributed by atoms with Crippen molar-refractivity contribution in [3.8, 4) is 0 Å². The Kier molecular flexibility index (Phi) is 7.05. The van der Waals surface area contributed by atoms with E-state index in [2.05, 4.69) is 10.6 Å². The quantitative estimate of drug-likeness (QED) is 0.785. The van der Waals surface area contributed by atoms with Crippen LogP contribution < -0.4 is 10.6 Å². The molecule has 2 N–H and O–H groups in total. The molecule has 0 fully saturated rings. The molecule has 142 valence electrons. The molecule has 0 aliphatic heterocycles. The molecule has 0 heterocycles. The van der Waals surface area contributed by atoms with Gasteiger partial charge in [-0.2, -0.15) is 0 Å². The van der Waals surface area contributed by atoms with Gasteiger partial charge in [-0.3, -0.25) is 14.4 Å². The highest BCUT2D eigenvalue weighted by Gasteiger charge is 2.20. The maximum Gasteiger partial charge on any atom is 0.243 e. The van der Waals surface area contributed by atoms with Gasteiger partial charge in [0.2, 0.25) is 17.7 Å². The molecule has 7 heteroatoms. The molecule has 27 heavy (non-hydrogen) atoms. The fraction of sp³-hybridized carbons (Fsp3) is 0.250. The average molecular weight is 371 g/mol. The van der Waals surface area contributed by atoms with E-state index in [0.29, 0.717) is 5.69 Å². The van der Waals surface area contributed by atoms with Crippen LogP contribution in [0.25, 0.3) is 0 Å². The number of hydrogen-bond donors (Lipinski definition) is 2. The Morgan fingerprint density at radius 3 is 2.41 bits per heavy atom. The summed E-state index contributed by atoms with van der Waals surface area (Å²) in [4.78, 5) is 37.3. The standard InChI is InChI=1S/C20H22FN3O3/c1-14(25)22-18(15-7-4-3-5-8-15)12-20(27)24(2)13-19(26)23-17-10-6-9-16(21)11-17/h3-11,18H,12-13H2,1-2H3,(H,22,25)(H,23,26). The molecular formula is C20H22FN3O3. The number of carbonyl (C=O) groups excluding carboxylic acids is 3. The summed E-state index contributed by atoms with van der Waals surface area (Å²) in [6.45, 7) is 1.20. The van der Waals surface area contributed by atoms with Gasteiger partial charge in [-0.15, -0.1) is 0 Å². The summed E-state index contributed by atoms with van der Waals surface area (Å²) >= 11 is 0. The second kappa shape index (κ2) is 9.47. The first-order valence-corrected chi connectivity index (χ1v) is 8.46. The highest BCUT2D eigenvalue weighted by Crippen LogP contribution is 2.17. The summed E-state index contributed by atoms with van der Waals surface area (Å²) in [5.41, 5.74) is 1.12. The zero-order valence-electron chi connectivity index (χ0n) is 15.2. The molecule has 0 saturated heterocycles.